The zero-order valence-electron chi connectivity index (χ0n) is 20.4. The maximum Gasteiger partial charge on any atom is 0.260 e. The molecule has 4 aromatic rings. The largest absolute Gasteiger partial charge is 0.322 e. The number of hydrazone groups is 1. The fraction of sp³-hybridized carbons (Fsp3) is 0.107. The zero-order valence-corrected chi connectivity index (χ0v) is 21.2. The lowest BCUT2D eigenvalue weighted by Crippen LogP contribution is -2.39. The number of fused-ring (bicyclic) bond motifs is 1. The molecule has 0 aliphatic carbocycles. The summed E-state index contributed by atoms with van der Waals surface area (Å²) in [6.45, 7) is 1.27. The zero-order chi connectivity index (χ0) is 26.4. The summed E-state index contributed by atoms with van der Waals surface area (Å²) in [5.41, 5.74) is 5.13. The molecule has 0 saturated carbocycles. The van der Waals surface area contributed by atoms with Crippen molar-refractivity contribution < 1.29 is 18.0 Å². The standard InChI is InChI=1S/C28H26N4O4S/c1-20(23-14-8-15-24(18-23)29-28(34)22-11-4-3-5-12-22)30-31-27(33)19-32(37(2,35)36)26-17-9-13-21-10-6-7-16-25(21)26/h3-18H,19H2,1-2H3,(H,29,34)(H,31,33)/b30-20-. The molecule has 0 radical (unpaired) electrons. The van der Waals surface area contributed by atoms with Gasteiger partial charge in [-0.25, -0.2) is 13.8 Å². The van der Waals surface area contributed by atoms with E-state index < -0.39 is 22.5 Å². The predicted molar refractivity (Wildman–Crippen MR) is 147 cm³/mol. The Morgan fingerprint density at radius 3 is 2.24 bits per heavy atom. The third-order valence-corrected chi connectivity index (χ3v) is 6.77. The van der Waals surface area contributed by atoms with Crippen molar-refractivity contribution in [3.63, 3.8) is 0 Å². The Morgan fingerprint density at radius 2 is 1.49 bits per heavy atom. The number of nitrogens with zero attached hydrogens (tertiary/aromatic N) is 2. The lowest BCUT2D eigenvalue weighted by atomic mass is 10.1. The lowest BCUT2D eigenvalue weighted by Gasteiger charge is -2.23. The summed E-state index contributed by atoms with van der Waals surface area (Å²) in [5.74, 6) is -0.832. The first-order valence-electron chi connectivity index (χ1n) is 11.5. The predicted octanol–water partition coefficient (Wildman–Crippen LogP) is 4.40. The number of carbonyl (C=O) groups excluding carboxylic acids is 2. The first-order chi connectivity index (χ1) is 17.7. The molecule has 4 rings (SSSR count). The average molecular weight is 515 g/mol. The van der Waals surface area contributed by atoms with Crippen molar-refractivity contribution >= 4 is 49.7 Å². The molecule has 0 aromatic heterocycles. The molecule has 2 amide bonds. The van der Waals surface area contributed by atoms with Crippen molar-refractivity contribution in [2.45, 2.75) is 6.92 Å². The second kappa shape index (κ2) is 11.0. The second-order valence-corrected chi connectivity index (χ2v) is 10.3. The molecule has 0 spiro atoms. The topological polar surface area (TPSA) is 108 Å². The van der Waals surface area contributed by atoms with Crippen LogP contribution in [0.4, 0.5) is 11.4 Å². The molecule has 4 aromatic carbocycles. The summed E-state index contributed by atoms with van der Waals surface area (Å²) < 4.78 is 26.2. The van der Waals surface area contributed by atoms with Crippen molar-refractivity contribution in [3.8, 4) is 0 Å². The third-order valence-electron chi connectivity index (χ3n) is 5.65. The first kappa shape index (κ1) is 25.6. The van der Waals surface area contributed by atoms with Crippen molar-refractivity contribution in [2.75, 3.05) is 22.4 Å². The Hall–Kier alpha value is -4.50. The van der Waals surface area contributed by atoms with Crippen LogP contribution in [0, 0.1) is 0 Å². The van der Waals surface area contributed by atoms with Crippen LogP contribution in [0.5, 0.6) is 0 Å². The quantitative estimate of drug-likeness (QED) is 0.268. The minimum Gasteiger partial charge on any atom is -0.322 e. The minimum absolute atomic E-state index is 0.241. The Kier molecular flexibility index (Phi) is 7.64. The number of rotatable bonds is 8. The first-order valence-corrected chi connectivity index (χ1v) is 13.3. The van der Waals surface area contributed by atoms with Crippen LogP contribution in [0.2, 0.25) is 0 Å². The van der Waals surface area contributed by atoms with Gasteiger partial charge in [0.15, 0.2) is 0 Å². The maximum absolute atomic E-state index is 12.7. The van der Waals surface area contributed by atoms with Gasteiger partial charge in [-0.15, -0.1) is 0 Å². The number of benzene rings is 4. The highest BCUT2D eigenvalue weighted by atomic mass is 32.2. The Balaban J connectivity index is 1.48. The number of anilines is 2. The molecular formula is C28H26N4O4S. The monoisotopic (exact) mass is 514 g/mol. The molecule has 0 atom stereocenters. The molecule has 0 heterocycles. The van der Waals surface area contributed by atoms with E-state index in [0.717, 1.165) is 21.3 Å². The van der Waals surface area contributed by atoms with E-state index in [-0.39, 0.29) is 5.91 Å². The van der Waals surface area contributed by atoms with E-state index in [9.17, 15) is 18.0 Å². The van der Waals surface area contributed by atoms with E-state index in [1.54, 1.807) is 67.6 Å². The molecule has 0 unspecified atom stereocenters. The summed E-state index contributed by atoms with van der Waals surface area (Å²) in [6.07, 6.45) is 1.06. The van der Waals surface area contributed by atoms with Crippen molar-refractivity contribution in [2.24, 2.45) is 5.10 Å². The molecule has 0 bridgehead atoms. The van der Waals surface area contributed by atoms with Gasteiger partial charge in [0.05, 0.1) is 17.7 Å². The third kappa shape index (κ3) is 6.39. The molecule has 8 nitrogen and oxygen atoms in total. The Morgan fingerprint density at radius 1 is 0.838 bits per heavy atom. The van der Waals surface area contributed by atoms with Gasteiger partial charge in [-0.2, -0.15) is 5.10 Å². The van der Waals surface area contributed by atoms with Crippen LogP contribution in [0.1, 0.15) is 22.8 Å². The highest BCUT2D eigenvalue weighted by Crippen LogP contribution is 2.28. The molecule has 2 N–H and O–H groups in total. The van der Waals surface area contributed by atoms with E-state index in [2.05, 4.69) is 15.8 Å². The van der Waals surface area contributed by atoms with Gasteiger partial charge < -0.3 is 5.32 Å². The maximum atomic E-state index is 12.7. The van der Waals surface area contributed by atoms with Crippen LogP contribution < -0.4 is 15.0 Å². The van der Waals surface area contributed by atoms with Crippen molar-refractivity contribution in [1.82, 2.24) is 5.43 Å². The van der Waals surface area contributed by atoms with Gasteiger partial charge in [0.2, 0.25) is 10.0 Å². The highest BCUT2D eigenvalue weighted by Gasteiger charge is 2.22. The molecule has 188 valence electrons. The van der Waals surface area contributed by atoms with Gasteiger partial charge in [0, 0.05) is 16.6 Å². The normalized spacial score (nSPS) is 11.7. The summed E-state index contributed by atoms with van der Waals surface area (Å²) in [7, 11) is -3.75. The van der Waals surface area contributed by atoms with Gasteiger partial charge >= 0.3 is 0 Å². The van der Waals surface area contributed by atoms with Crippen LogP contribution in [0.3, 0.4) is 0 Å². The summed E-state index contributed by atoms with van der Waals surface area (Å²) in [5, 5.41) is 8.57. The van der Waals surface area contributed by atoms with Gasteiger partial charge in [-0.3, -0.25) is 13.9 Å². The molecular weight excluding hydrogens is 488 g/mol. The van der Waals surface area contributed by atoms with Crippen LogP contribution in [0.15, 0.2) is 102 Å². The van der Waals surface area contributed by atoms with E-state index >= 15 is 0 Å². The molecule has 0 fully saturated rings. The van der Waals surface area contributed by atoms with Gasteiger partial charge in [-0.1, -0.05) is 66.7 Å². The minimum atomic E-state index is -3.75. The Bertz CT molecular complexity index is 1580. The van der Waals surface area contributed by atoms with E-state index in [4.69, 9.17) is 0 Å². The number of hydrogen-bond donors (Lipinski definition) is 2. The molecule has 0 aliphatic heterocycles. The molecule has 0 aliphatic rings. The van der Waals surface area contributed by atoms with E-state index in [1.807, 2.05) is 36.4 Å². The number of hydrogen-bond acceptors (Lipinski definition) is 5. The van der Waals surface area contributed by atoms with Crippen LogP contribution >= 0.6 is 0 Å². The number of nitrogens with one attached hydrogen (secondary N) is 2. The number of carbonyl (C=O) groups is 2. The van der Waals surface area contributed by atoms with Gasteiger partial charge in [-0.05, 0) is 48.2 Å². The van der Waals surface area contributed by atoms with Crippen molar-refractivity contribution in [1.29, 1.82) is 0 Å². The number of sulfonamides is 1. The summed E-state index contributed by atoms with van der Waals surface area (Å²) >= 11 is 0. The van der Waals surface area contributed by atoms with Gasteiger partial charge in [0.1, 0.15) is 6.54 Å². The smallest absolute Gasteiger partial charge is 0.260 e. The molecule has 37 heavy (non-hydrogen) atoms. The fourth-order valence-corrected chi connectivity index (χ4v) is 4.67. The Labute approximate surface area is 215 Å². The van der Waals surface area contributed by atoms with Crippen LogP contribution in [-0.2, 0) is 14.8 Å². The van der Waals surface area contributed by atoms with Crippen LogP contribution in [-0.4, -0.2) is 38.7 Å². The van der Waals surface area contributed by atoms with Crippen molar-refractivity contribution in [3.05, 3.63) is 108 Å². The van der Waals surface area contributed by atoms with E-state index in [1.165, 1.54) is 0 Å². The summed E-state index contributed by atoms with van der Waals surface area (Å²) in [6, 6.07) is 28.6. The van der Waals surface area contributed by atoms with E-state index in [0.29, 0.717) is 28.2 Å². The summed E-state index contributed by atoms with van der Waals surface area (Å²) in [4.78, 5) is 25.2. The lowest BCUT2D eigenvalue weighted by molar-refractivity contribution is -0.119. The van der Waals surface area contributed by atoms with Crippen LogP contribution in [0.25, 0.3) is 10.8 Å². The fourth-order valence-electron chi connectivity index (χ4n) is 3.80. The number of amides is 2. The second-order valence-electron chi connectivity index (χ2n) is 8.40. The van der Waals surface area contributed by atoms with Gasteiger partial charge in [0.25, 0.3) is 11.8 Å². The average Bonchev–Trinajstić information content (AvgIpc) is 2.90. The molecule has 0 saturated heterocycles. The SMILES string of the molecule is C/C(=N/NC(=O)CN(c1cccc2ccccc12)S(C)(=O)=O)c1cccc(NC(=O)c2ccccc2)c1. The molecule has 9 heteroatoms. The highest BCUT2D eigenvalue weighted by molar-refractivity contribution is 7.92.